The SMILES string of the molecule is COC(=O)c1cc(C(=O)C(F)F)oc1C. The number of aryl methyl sites for hydroxylation is 1. The Balaban J connectivity index is 3.06. The Morgan fingerprint density at radius 1 is 1.47 bits per heavy atom. The first-order chi connectivity index (χ1) is 6.97. The lowest BCUT2D eigenvalue weighted by Gasteiger charge is -1.93. The molecule has 0 aliphatic heterocycles. The molecule has 0 bridgehead atoms. The topological polar surface area (TPSA) is 56.5 Å². The zero-order valence-electron chi connectivity index (χ0n) is 8.04. The zero-order valence-corrected chi connectivity index (χ0v) is 8.04. The third-order valence-electron chi connectivity index (χ3n) is 1.76. The van der Waals surface area contributed by atoms with Gasteiger partial charge in [0.1, 0.15) is 11.3 Å². The van der Waals surface area contributed by atoms with Crippen LogP contribution in [0.15, 0.2) is 10.5 Å². The van der Waals surface area contributed by atoms with Crippen LogP contribution in [-0.2, 0) is 4.74 Å². The van der Waals surface area contributed by atoms with Gasteiger partial charge in [-0.25, -0.2) is 13.6 Å². The predicted octanol–water partition coefficient (Wildman–Crippen LogP) is 1.82. The summed E-state index contributed by atoms with van der Waals surface area (Å²) < 4.78 is 33.1. The lowest BCUT2D eigenvalue weighted by Crippen LogP contribution is -2.09. The molecular weight excluding hydrogens is 210 g/mol. The number of furan rings is 1. The first kappa shape index (κ1) is 11.4. The van der Waals surface area contributed by atoms with Gasteiger partial charge in [0.25, 0.3) is 5.78 Å². The Bertz CT molecular complexity index is 395. The summed E-state index contributed by atoms with van der Waals surface area (Å²) >= 11 is 0. The van der Waals surface area contributed by atoms with E-state index in [2.05, 4.69) is 4.74 Å². The molecule has 0 spiro atoms. The molecule has 82 valence electrons. The number of methoxy groups -OCH3 is 1. The molecule has 0 aliphatic carbocycles. The quantitative estimate of drug-likeness (QED) is 0.573. The number of hydrogen-bond acceptors (Lipinski definition) is 4. The maximum Gasteiger partial charge on any atom is 0.341 e. The second-order valence-corrected chi connectivity index (χ2v) is 2.74. The Morgan fingerprint density at radius 2 is 2.07 bits per heavy atom. The number of alkyl halides is 2. The van der Waals surface area contributed by atoms with Crippen LogP contribution >= 0.6 is 0 Å². The molecule has 15 heavy (non-hydrogen) atoms. The standard InChI is InChI=1S/C9H8F2O4/c1-4-5(9(13)14-2)3-6(15-4)7(12)8(10)11/h3,8H,1-2H3. The van der Waals surface area contributed by atoms with Crippen molar-refractivity contribution in [1.29, 1.82) is 0 Å². The predicted molar refractivity (Wildman–Crippen MR) is 45.1 cm³/mol. The van der Waals surface area contributed by atoms with Gasteiger partial charge in [0.15, 0.2) is 5.76 Å². The average molecular weight is 218 g/mol. The number of esters is 1. The van der Waals surface area contributed by atoms with E-state index in [9.17, 15) is 18.4 Å². The molecule has 0 saturated heterocycles. The minimum atomic E-state index is -3.15. The van der Waals surface area contributed by atoms with Gasteiger partial charge >= 0.3 is 12.4 Å². The van der Waals surface area contributed by atoms with Crippen LogP contribution in [0.5, 0.6) is 0 Å². The molecule has 0 aliphatic rings. The van der Waals surface area contributed by atoms with Crippen molar-refractivity contribution in [2.45, 2.75) is 13.3 Å². The van der Waals surface area contributed by atoms with Crippen LogP contribution in [-0.4, -0.2) is 25.3 Å². The molecule has 0 atom stereocenters. The second-order valence-electron chi connectivity index (χ2n) is 2.74. The molecule has 1 heterocycles. The van der Waals surface area contributed by atoms with Crippen molar-refractivity contribution in [3.63, 3.8) is 0 Å². The monoisotopic (exact) mass is 218 g/mol. The largest absolute Gasteiger partial charge is 0.465 e. The molecule has 0 amide bonds. The molecule has 6 heteroatoms. The lowest BCUT2D eigenvalue weighted by molar-refractivity contribution is 0.0598. The van der Waals surface area contributed by atoms with Crippen LogP contribution in [0.25, 0.3) is 0 Å². The van der Waals surface area contributed by atoms with Crippen molar-refractivity contribution in [2.75, 3.05) is 7.11 Å². The number of Topliss-reactive ketones (excluding diaryl/α,β-unsaturated/α-hetero) is 1. The van der Waals surface area contributed by atoms with Crippen LogP contribution in [0.3, 0.4) is 0 Å². The fourth-order valence-corrected chi connectivity index (χ4v) is 1.02. The zero-order chi connectivity index (χ0) is 11.6. The van der Waals surface area contributed by atoms with E-state index in [4.69, 9.17) is 4.42 Å². The van der Waals surface area contributed by atoms with E-state index in [1.807, 2.05) is 0 Å². The molecule has 0 radical (unpaired) electrons. The van der Waals surface area contributed by atoms with E-state index < -0.39 is 23.9 Å². The molecule has 4 nitrogen and oxygen atoms in total. The maximum absolute atomic E-state index is 12.0. The number of rotatable bonds is 3. The number of carbonyl (C=O) groups is 2. The van der Waals surface area contributed by atoms with E-state index >= 15 is 0 Å². The highest BCUT2D eigenvalue weighted by Gasteiger charge is 2.25. The van der Waals surface area contributed by atoms with Gasteiger partial charge in [0.05, 0.1) is 7.11 Å². The Kier molecular flexibility index (Phi) is 3.18. The fourth-order valence-electron chi connectivity index (χ4n) is 1.02. The Labute approximate surface area is 83.8 Å². The van der Waals surface area contributed by atoms with Crippen molar-refractivity contribution >= 4 is 11.8 Å². The molecular formula is C9H8F2O4. The highest BCUT2D eigenvalue weighted by atomic mass is 19.3. The summed E-state index contributed by atoms with van der Waals surface area (Å²) in [6, 6.07) is 0.954. The summed E-state index contributed by atoms with van der Waals surface area (Å²) in [6.45, 7) is 1.38. The molecule has 0 unspecified atom stereocenters. The van der Waals surface area contributed by atoms with E-state index in [1.165, 1.54) is 6.92 Å². The van der Waals surface area contributed by atoms with E-state index in [0.717, 1.165) is 13.2 Å². The minimum Gasteiger partial charge on any atom is -0.465 e. The summed E-state index contributed by atoms with van der Waals surface area (Å²) in [5.74, 6) is -2.65. The third kappa shape index (κ3) is 2.20. The van der Waals surface area contributed by atoms with Gasteiger partial charge in [-0.15, -0.1) is 0 Å². The summed E-state index contributed by atoms with van der Waals surface area (Å²) in [5.41, 5.74) is -0.0264. The molecule has 1 aromatic heterocycles. The molecule has 0 aromatic carbocycles. The van der Waals surface area contributed by atoms with Crippen molar-refractivity contribution in [1.82, 2.24) is 0 Å². The van der Waals surface area contributed by atoms with Crippen molar-refractivity contribution < 1.29 is 27.5 Å². The van der Waals surface area contributed by atoms with E-state index in [0.29, 0.717) is 0 Å². The summed E-state index contributed by atoms with van der Waals surface area (Å²) in [5, 5.41) is 0. The molecule has 0 saturated carbocycles. The number of ketones is 1. The van der Waals surface area contributed by atoms with Crippen LogP contribution < -0.4 is 0 Å². The van der Waals surface area contributed by atoms with Crippen molar-refractivity contribution in [3.8, 4) is 0 Å². The molecule has 0 fully saturated rings. The fraction of sp³-hybridized carbons (Fsp3) is 0.333. The van der Waals surface area contributed by atoms with E-state index in [-0.39, 0.29) is 11.3 Å². The Morgan fingerprint density at radius 3 is 2.53 bits per heavy atom. The van der Waals surface area contributed by atoms with Crippen LogP contribution in [0.2, 0.25) is 0 Å². The van der Waals surface area contributed by atoms with Crippen LogP contribution in [0, 0.1) is 6.92 Å². The smallest absolute Gasteiger partial charge is 0.341 e. The van der Waals surface area contributed by atoms with Gasteiger partial charge in [0.2, 0.25) is 0 Å². The number of hydrogen-bond donors (Lipinski definition) is 0. The van der Waals surface area contributed by atoms with Crippen LogP contribution in [0.1, 0.15) is 26.7 Å². The van der Waals surface area contributed by atoms with Gasteiger partial charge < -0.3 is 9.15 Å². The van der Waals surface area contributed by atoms with Gasteiger partial charge in [-0.2, -0.15) is 0 Å². The van der Waals surface area contributed by atoms with Crippen LogP contribution in [0.4, 0.5) is 8.78 Å². The Hall–Kier alpha value is -1.72. The molecule has 1 aromatic rings. The minimum absolute atomic E-state index is 0.0264. The number of ether oxygens (including phenoxy) is 1. The summed E-state index contributed by atoms with van der Waals surface area (Å²) in [7, 11) is 1.14. The van der Waals surface area contributed by atoms with Gasteiger partial charge in [-0.05, 0) is 6.92 Å². The summed E-state index contributed by atoms with van der Waals surface area (Å²) in [6.07, 6.45) is -3.15. The number of carbonyl (C=O) groups excluding carboxylic acids is 2. The van der Waals surface area contributed by atoms with Gasteiger partial charge in [-0.1, -0.05) is 0 Å². The summed E-state index contributed by atoms with van der Waals surface area (Å²) in [4.78, 5) is 21.9. The lowest BCUT2D eigenvalue weighted by atomic mass is 10.2. The van der Waals surface area contributed by atoms with Gasteiger partial charge in [-0.3, -0.25) is 4.79 Å². The average Bonchev–Trinajstić information content (AvgIpc) is 2.57. The van der Waals surface area contributed by atoms with Crippen molar-refractivity contribution in [2.24, 2.45) is 0 Å². The van der Waals surface area contributed by atoms with Gasteiger partial charge in [0, 0.05) is 6.07 Å². The first-order valence-electron chi connectivity index (χ1n) is 3.98. The first-order valence-corrected chi connectivity index (χ1v) is 3.98. The molecule has 0 N–H and O–H groups in total. The maximum atomic E-state index is 12.0. The third-order valence-corrected chi connectivity index (χ3v) is 1.76. The van der Waals surface area contributed by atoms with Crippen molar-refractivity contribution in [3.05, 3.63) is 23.2 Å². The normalized spacial score (nSPS) is 10.5. The molecule has 1 rings (SSSR count). The highest BCUT2D eigenvalue weighted by Crippen LogP contribution is 2.18. The second kappa shape index (κ2) is 4.20. The highest BCUT2D eigenvalue weighted by molar-refractivity contribution is 5.99. The van der Waals surface area contributed by atoms with E-state index in [1.54, 1.807) is 0 Å². The number of halogens is 2.